The lowest BCUT2D eigenvalue weighted by Crippen LogP contribution is -2.01. The lowest BCUT2D eigenvalue weighted by atomic mass is 10.3. The van der Waals surface area contributed by atoms with Crippen molar-refractivity contribution in [3.63, 3.8) is 0 Å². The molecule has 3 heteroatoms. The summed E-state index contributed by atoms with van der Waals surface area (Å²) in [6.45, 7) is 3.56. The first-order chi connectivity index (χ1) is 5.16. The van der Waals surface area contributed by atoms with Gasteiger partial charge in [-0.1, -0.05) is 6.08 Å². The molecule has 0 rings (SSSR count). The maximum atomic E-state index is 10.6. The van der Waals surface area contributed by atoms with Crippen LogP contribution in [0.15, 0.2) is 12.2 Å². The van der Waals surface area contributed by atoms with Crippen molar-refractivity contribution in [2.45, 2.75) is 20.3 Å². The van der Waals surface area contributed by atoms with Crippen molar-refractivity contribution in [1.29, 1.82) is 0 Å². The summed E-state index contributed by atoms with van der Waals surface area (Å²) in [5, 5.41) is 0. The highest BCUT2D eigenvalue weighted by Crippen LogP contribution is 1.88. The van der Waals surface area contributed by atoms with Crippen LogP contribution < -0.4 is 0 Å². The van der Waals surface area contributed by atoms with Crippen molar-refractivity contribution in [2.75, 3.05) is 6.61 Å². The second-order valence-electron chi connectivity index (χ2n) is 2.02. The third kappa shape index (κ3) is 6.77. The topological polar surface area (TPSA) is 43.4 Å². The molecule has 0 atom stereocenters. The van der Waals surface area contributed by atoms with Crippen LogP contribution in [-0.4, -0.2) is 18.4 Å². The van der Waals surface area contributed by atoms with Gasteiger partial charge in [0, 0.05) is 0 Å². The lowest BCUT2D eigenvalue weighted by molar-refractivity contribution is -0.142. The van der Waals surface area contributed by atoms with Gasteiger partial charge < -0.3 is 4.74 Å². The molecule has 0 unspecified atom stereocenters. The average Bonchev–Trinajstić information content (AvgIpc) is 1.87. The van der Waals surface area contributed by atoms with E-state index in [-0.39, 0.29) is 18.2 Å². The van der Waals surface area contributed by atoms with Gasteiger partial charge in [0.15, 0.2) is 5.78 Å². The van der Waals surface area contributed by atoms with Crippen LogP contribution in [0, 0.1) is 0 Å². The first-order valence-electron chi connectivity index (χ1n) is 3.49. The Hall–Kier alpha value is -1.12. The van der Waals surface area contributed by atoms with Crippen LogP contribution in [-0.2, 0) is 14.3 Å². The minimum atomic E-state index is -0.301. The molecule has 3 nitrogen and oxygen atoms in total. The Morgan fingerprint density at radius 2 is 2.09 bits per heavy atom. The summed E-state index contributed by atoms with van der Waals surface area (Å²) < 4.78 is 4.62. The second kappa shape index (κ2) is 5.65. The molecule has 0 N–H and O–H groups in total. The number of ketones is 1. The van der Waals surface area contributed by atoms with Crippen LogP contribution >= 0.6 is 0 Å². The molecule has 0 saturated carbocycles. The van der Waals surface area contributed by atoms with Gasteiger partial charge in [-0.25, -0.2) is 0 Å². The molecule has 0 heterocycles. The highest BCUT2D eigenvalue weighted by molar-refractivity contribution is 5.87. The molecule has 0 aromatic heterocycles. The fourth-order valence-electron chi connectivity index (χ4n) is 0.541. The van der Waals surface area contributed by atoms with E-state index in [0.29, 0.717) is 6.61 Å². The molecule has 0 aliphatic carbocycles. The van der Waals surface area contributed by atoms with Gasteiger partial charge in [0.05, 0.1) is 13.0 Å². The lowest BCUT2D eigenvalue weighted by Gasteiger charge is -1.95. The Morgan fingerprint density at radius 3 is 2.55 bits per heavy atom. The van der Waals surface area contributed by atoms with E-state index < -0.39 is 0 Å². The average molecular weight is 156 g/mol. The summed E-state index contributed by atoms with van der Waals surface area (Å²) >= 11 is 0. The van der Waals surface area contributed by atoms with E-state index in [2.05, 4.69) is 4.74 Å². The fourth-order valence-corrected chi connectivity index (χ4v) is 0.541. The van der Waals surface area contributed by atoms with E-state index in [1.165, 1.54) is 19.1 Å². The summed E-state index contributed by atoms with van der Waals surface area (Å²) in [6, 6.07) is 0. The molecule has 0 aromatic carbocycles. The minimum absolute atomic E-state index is 0.0608. The van der Waals surface area contributed by atoms with Crippen LogP contribution in [0.3, 0.4) is 0 Å². The molecule has 0 spiro atoms. The van der Waals surface area contributed by atoms with Gasteiger partial charge in [0.2, 0.25) is 0 Å². The van der Waals surface area contributed by atoms with Gasteiger partial charge in [-0.3, -0.25) is 9.59 Å². The Bertz CT molecular complexity index is 170. The van der Waals surface area contributed by atoms with Crippen LogP contribution in [0.2, 0.25) is 0 Å². The zero-order valence-corrected chi connectivity index (χ0v) is 6.79. The fraction of sp³-hybridized carbons (Fsp3) is 0.500. The molecule has 0 aromatic rings. The molecule has 0 amide bonds. The third-order valence-corrected chi connectivity index (χ3v) is 0.942. The quantitative estimate of drug-likeness (QED) is 0.452. The molecular formula is C8H12O3. The SMILES string of the molecule is CCOC(=O)CC=CC(C)=O. The zero-order valence-electron chi connectivity index (χ0n) is 6.79. The van der Waals surface area contributed by atoms with Crippen molar-refractivity contribution in [2.24, 2.45) is 0 Å². The van der Waals surface area contributed by atoms with E-state index in [1.54, 1.807) is 6.92 Å². The Balaban J connectivity index is 3.53. The molecular weight excluding hydrogens is 144 g/mol. The maximum Gasteiger partial charge on any atom is 0.309 e. The molecule has 0 aliphatic rings. The number of hydrogen-bond acceptors (Lipinski definition) is 3. The predicted octanol–water partition coefficient (Wildman–Crippen LogP) is 1.08. The van der Waals surface area contributed by atoms with Crippen LogP contribution in [0.1, 0.15) is 20.3 Å². The normalized spacial score (nSPS) is 10.0. The van der Waals surface area contributed by atoms with E-state index in [1.807, 2.05) is 0 Å². The Labute approximate surface area is 66.0 Å². The van der Waals surface area contributed by atoms with Crippen molar-refractivity contribution in [3.8, 4) is 0 Å². The summed E-state index contributed by atoms with van der Waals surface area (Å²) in [5.41, 5.74) is 0. The predicted molar refractivity (Wildman–Crippen MR) is 41.1 cm³/mol. The van der Waals surface area contributed by atoms with Crippen molar-refractivity contribution < 1.29 is 14.3 Å². The van der Waals surface area contributed by atoms with Gasteiger partial charge in [-0.15, -0.1) is 0 Å². The van der Waals surface area contributed by atoms with E-state index in [4.69, 9.17) is 0 Å². The minimum Gasteiger partial charge on any atom is -0.466 e. The monoisotopic (exact) mass is 156 g/mol. The number of rotatable bonds is 4. The number of allylic oxidation sites excluding steroid dienone is 1. The van der Waals surface area contributed by atoms with Crippen molar-refractivity contribution >= 4 is 11.8 Å². The molecule has 11 heavy (non-hydrogen) atoms. The molecule has 0 radical (unpaired) electrons. The summed E-state index contributed by atoms with van der Waals surface area (Å²) in [4.78, 5) is 21.0. The summed E-state index contributed by atoms with van der Waals surface area (Å²) in [6.07, 6.45) is 3.03. The second-order valence-corrected chi connectivity index (χ2v) is 2.02. The molecule has 0 aliphatic heterocycles. The number of carbonyl (C=O) groups excluding carboxylic acids is 2. The number of carbonyl (C=O) groups is 2. The molecule has 0 bridgehead atoms. The van der Waals surface area contributed by atoms with Crippen LogP contribution in [0.5, 0.6) is 0 Å². The van der Waals surface area contributed by atoms with Gasteiger partial charge >= 0.3 is 5.97 Å². The zero-order chi connectivity index (χ0) is 8.69. The number of ether oxygens (including phenoxy) is 1. The first kappa shape index (κ1) is 9.88. The Morgan fingerprint density at radius 1 is 1.45 bits per heavy atom. The molecule has 62 valence electrons. The largest absolute Gasteiger partial charge is 0.466 e. The van der Waals surface area contributed by atoms with Crippen molar-refractivity contribution in [1.82, 2.24) is 0 Å². The summed E-state index contributed by atoms with van der Waals surface area (Å²) in [5.74, 6) is -0.362. The van der Waals surface area contributed by atoms with Crippen LogP contribution in [0.25, 0.3) is 0 Å². The highest BCUT2D eigenvalue weighted by atomic mass is 16.5. The van der Waals surface area contributed by atoms with Gasteiger partial charge in [-0.2, -0.15) is 0 Å². The third-order valence-electron chi connectivity index (χ3n) is 0.942. The molecule has 0 fully saturated rings. The van der Waals surface area contributed by atoms with Gasteiger partial charge in [0.1, 0.15) is 0 Å². The maximum absolute atomic E-state index is 10.6. The van der Waals surface area contributed by atoms with Gasteiger partial charge in [0.25, 0.3) is 0 Å². The van der Waals surface area contributed by atoms with Crippen molar-refractivity contribution in [3.05, 3.63) is 12.2 Å². The highest BCUT2D eigenvalue weighted by Gasteiger charge is 1.95. The first-order valence-corrected chi connectivity index (χ1v) is 3.49. The van der Waals surface area contributed by atoms with E-state index >= 15 is 0 Å². The number of esters is 1. The Kier molecular flexibility index (Phi) is 5.07. The van der Waals surface area contributed by atoms with E-state index in [9.17, 15) is 9.59 Å². The van der Waals surface area contributed by atoms with E-state index in [0.717, 1.165) is 0 Å². The standard InChI is InChI=1S/C8H12O3/c1-3-11-8(10)6-4-5-7(2)9/h4-5H,3,6H2,1-2H3. The molecule has 0 saturated heterocycles. The number of hydrogen-bond donors (Lipinski definition) is 0. The smallest absolute Gasteiger partial charge is 0.309 e. The van der Waals surface area contributed by atoms with Crippen LogP contribution in [0.4, 0.5) is 0 Å². The van der Waals surface area contributed by atoms with Gasteiger partial charge in [-0.05, 0) is 19.9 Å². The summed E-state index contributed by atoms with van der Waals surface area (Å²) in [7, 11) is 0.